The van der Waals surface area contributed by atoms with E-state index >= 15 is 0 Å². The molecule has 0 saturated carbocycles. The molecule has 0 bridgehead atoms. The van der Waals surface area contributed by atoms with Crippen molar-refractivity contribution in [3.8, 4) is 0 Å². The fourth-order valence-corrected chi connectivity index (χ4v) is 2.17. The molecular weight excluding hydrogens is 321 g/mol. The van der Waals surface area contributed by atoms with Crippen LogP contribution in [0, 0.1) is 6.92 Å². The number of unbranched alkanes of at least 4 members (excludes halogenated alkanes) is 9. The number of rotatable bonds is 10. The monoisotopic (exact) mass is 358 g/mol. The van der Waals surface area contributed by atoms with E-state index in [0.29, 0.717) is 0 Å². The first kappa shape index (κ1) is 25.4. The highest BCUT2D eigenvalue weighted by atomic mass is 31.1. The van der Waals surface area contributed by atoms with Crippen LogP contribution < -0.4 is 5.73 Å². The Hall–Kier alpha value is -0.800. The molecule has 4 N–H and O–H groups in total. The summed E-state index contributed by atoms with van der Waals surface area (Å²) in [5.74, 6) is 0. The van der Waals surface area contributed by atoms with E-state index in [1.165, 1.54) is 69.8 Å². The first-order valence-electron chi connectivity index (χ1n) is 9.11. The molecule has 0 aliphatic heterocycles. The van der Waals surface area contributed by atoms with Crippen molar-refractivity contribution in [2.75, 3.05) is 6.54 Å². The van der Waals surface area contributed by atoms with Gasteiger partial charge in [0.15, 0.2) is 0 Å². The Balaban J connectivity index is 0. The summed E-state index contributed by atoms with van der Waals surface area (Å²) >= 11 is 0. The maximum Gasteiger partial charge on any atom is 0.692 e. The molecule has 4 nitrogen and oxygen atoms in total. The maximum absolute atomic E-state index is 8.70. The molecule has 0 amide bonds. The average Bonchev–Trinajstić information content (AvgIpc) is 2.54. The molecule has 1 rings (SSSR count). The maximum atomic E-state index is 8.70. The SMILES string of the molecule is CCCCCCCCCCCCN.Cc1ccccc1.O=[P+](O)O. The molecule has 5 heteroatoms. The van der Waals surface area contributed by atoms with E-state index in [2.05, 4.69) is 26.0 Å². The van der Waals surface area contributed by atoms with Crippen molar-refractivity contribution in [2.45, 2.75) is 78.1 Å². The molecule has 24 heavy (non-hydrogen) atoms. The Bertz CT molecular complexity index is 347. The van der Waals surface area contributed by atoms with Gasteiger partial charge in [0.2, 0.25) is 0 Å². The minimum absolute atomic E-state index is 0.872. The molecule has 0 saturated heterocycles. The van der Waals surface area contributed by atoms with Crippen LogP contribution in [0.15, 0.2) is 30.3 Å². The van der Waals surface area contributed by atoms with Gasteiger partial charge in [-0.2, -0.15) is 0 Å². The fourth-order valence-electron chi connectivity index (χ4n) is 2.17. The highest BCUT2D eigenvalue weighted by Gasteiger charge is 1.93. The number of aryl methyl sites for hydroxylation is 1. The summed E-state index contributed by atoms with van der Waals surface area (Å²) in [7, 11) is -2.87. The Labute approximate surface area is 149 Å². The summed E-state index contributed by atoms with van der Waals surface area (Å²) in [5.41, 5.74) is 6.75. The molecule has 140 valence electrons. The van der Waals surface area contributed by atoms with Gasteiger partial charge in [-0.3, -0.25) is 0 Å². The van der Waals surface area contributed by atoms with Crippen molar-refractivity contribution < 1.29 is 14.4 Å². The van der Waals surface area contributed by atoms with Crippen LogP contribution >= 0.6 is 8.25 Å². The minimum atomic E-state index is -2.87. The van der Waals surface area contributed by atoms with Crippen molar-refractivity contribution >= 4 is 8.25 Å². The summed E-state index contributed by atoms with van der Waals surface area (Å²) in [5, 5.41) is 0. The number of benzene rings is 1. The zero-order valence-electron chi connectivity index (χ0n) is 15.5. The molecule has 0 radical (unpaired) electrons. The average molecular weight is 358 g/mol. The second-order valence-electron chi connectivity index (χ2n) is 5.88. The van der Waals surface area contributed by atoms with Gasteiger partial charge in [-0.15, -0.1) is 9.79 Å². The van der Waals surface area contributed by atoms with Gasteiger partial charge in [0.25, 0.3) is 0 Å². The third kappa shape index (κ3) is 29.2. The fraction of sp³-hybridized carbons (Fsp3) is 0.684. The molecule has 0 aromatic heterocycles. The zero-order valence-corrected chi connectivity index (χ0v) is 16.4. The van der Waals surface area contributed by atoms with Crippen molar-refractivity contribution in [3.05, 3.63) is 35.9 Å². The quantitative estimate of drug-likeness (QED) is 0.381. The minimum Gasteiger partial charge on any atom is -0.330 e. The number of nitrogens with two attached hydrogens (primary N) is 1. The molecule has 0 aliphatic rings. The lowest BCUT2D eigenvalue weighted by atomic mass is 10.1. The van der Waals surface area contributed by atoms with Crippen LogP contribution in [-0.2, 0) is 4.57 Å². The number of hydrogen-bond acceptors (Lipinski definition) is 2. The summed E-state index contributed by atoms with van der Waals surface area (Å²) in [6.45, 7) is 5.23. The van der Waals surface area contributed by atoms with E-state index in [-0.39, 0.29) is 0 Å². The van der Waals surface area contributed by atoms with Gasteiger partial charge in [0.1, 0.15) is 0 Å². The largest absolute Gasteiger partial charge is 0.692 e. The lowest BCUT2D eigenvalue weighted by molar-refractivity contribution is 0.405. The van der Waals surface area contributed by atoms with E-state index in [9.17, 15) is 0 Å². The van der Waals surface area contributed by atoms with E-state index in [4.69, 9.17) is 20.1 Å². The van der Waals surface area contributed by atoms with Crippen molar-refractivity contribution in [1.82, 2.24) is 0 Å². The van der Waals surface area contributed by atoms with E-state index in [1.54, 1.807) is 0 Å². The summed E-state index contributed by atoms with van der Waals surface area (Å²) in [4.78, 5) is 14.2. The second kappa shape index (κ2) is 22.2. The highest BCUT2D eigenvalue weighted by molar-refractivity contribution is 7.30. The van der Waals surface area contributed by atoms with Crippen molar-refractivity contribution in [1.29, 1.82) is 0 Å². The molecule has 0 atom stereocenters. The normalized spacial score (nSPS) is 9.38. The van der Waals surface area contributed by atoms with Crippen LogP contribution in [0.4, 0.5) is 0 Å². The third-order valence-electron chi connectivity index (χ3n) is 3.50. The smallest absolute Gasteiger partial charge is 0.330 e. The highest BCUT2D eigenvalue weighted by Crippen LogP contribution is 2.09. The summed E-state index contributed by atoms with van der Waals surface area (Å²) in [6.07, 6.45) is 13.9. The van der Waals surface area contributed by atoms with Crippen LogP contribution in [-0.4, -0.2) is 16.3 Å². The molecule has 1 aromatic rings. The Morgan fingerprint density at radius 3 is 1.50 bits per heavy atom. The molecule has 0 unspecified atom stereocenters. The van der Waals surface area contributed by atoms with E-state index in [0.717, 1.165) is 6.54 Å². The first-order chi connectivity index (χ1) is 11.5. The predicted octanol–water partition coefficient (Wildman–Crippen LogP) is 5.49. The molecule has 1 aromatic carbocycles. The van der Waals surface area contributed by atoms with Gasteiger partial charge in [-0.1, -0.05) is 101 Å². The van der Waals surface area contributed by atoms with Crippen molar-refractivity contribution in [3.63, 3.8) is 0 Å². The van der Waals surface area contributed by atoms with Crippen LogP contribution in [0.25, 0.3) is 0 Å². The lowest BCUT2D eigenvalue weighted by Crippen LogP contribution is -1.97. The second-order valence-corrected chi connectivity index (χ2v) is 6.38. The Morgan fingerprint density at radius 1 is 0.833 bits per heavy atom. The standard InChI is InChI=1S/C12H27N.C7H8.HO3P/c1-2-3-4-5-6-7-8-9-10-11-12-13;1-7-5-3-2-4-6-7;1-4(2)3/h2-13H2,1H3;2-6H,1H3;(H-,1,2,3)/p+1. The molecule has 0 heterocycles. The topological polar surface area (TPSA) is 83.6 Å². The van der Waals surface area contributed by atoms with Gasteiger partial charge in [0, 0.05) is 4.57 Å². The van der Waals surface area contributed by atoms with Crippen molar-refractivity contribution in [2.24, 2.45) is 5.73 Å². The molecule has 0 fully saturated rings. The molecular formula is C19H37NO3P+. The first-order valence-corrected chi connectivity index (χ1v) is 10.3. The van der Waals surface area contributed by atoms with Gasteiger partial charge in [-0.05, 0) is 19.9 Å². The predicted molar refractivity (Wildman–Crippen MR) is 104 cm³/mol. The van der Waals surface area contributed by atoms with E-state index < -0.39 is 8.25 Å². The third-order valence-corrected chi connectivity index (χ3v) is 3.50. The van der Waals surface area contributed by atoms with Gasteiger partial charge >= 0.3 is 8.25 Å². The zero-order chi connectivity index (χ0) is 18.5. The van der Waals surface area contributed by atoms with Crippen LogP contribution in [0.1, 0.15) is 76.7 Å². The Kier molecular flexibility index (Phi) is 23.5. The van der Waals surface area contributed by atoms with Crippen LogP contribution in [0.5, 0.6) is 0 Å². The summed E-state index contributed by atoms with van der Waals surface area (Å²) < 4.78 is 8.70. The lowest BCUT2D eigenvalue weighted by Gasteiger charge is -2.00. The number of hydrogen-bond donors (Lipinski definition) is 3. The van der Waals surface area contributed by atoms with Gasteiger partial charge in [-0.25, -0.2) is 0 Å². The molecule has 0 spiro atoms. The van der Waals surface area contributed by atoms with Gasteiger partial charge < -0.3 is 5.73 Å². The molecule has 0 aliphatic carbocycles. The van der Waals surface area contributed by atoms with Gasteiger partial charge in [0.05, 0.1) is 0 Å². The summed E-state index contributed by atoms with van der Waals surface area (Å²) in [6, 6.07) is 10.3. The van der Waals surface area contributed by atoms with Crippen LogP contribution in [0.2, 0.25) is 0 Å². The Morgan fingerprint density at radius 2 is 1.21 bits per heavy atom. The van der Waals surface area contributed by atoms with Crippen LogP contribution in [0.3, 0.4) is 0 Å². The van der Waals surface area contributed by atoms with E-state index in [1.807, 2.05) is 18.2 Å².